The quantitative estimate of drug-likeness (QED) is 0.838. The Hall–Kier alpha value is -2.07. The normalized spacial score (nSPS) is 16.3. The van der Waals surface area contributed by atoms with Gasteiger partial charge in [-0.25, -0.2) is 0 Å². The molecule has 3 rings (SSSR count). The number of benzene rings is 2. The van der Waals surface area contributed by atoms with E-state index < -0.39 is 0 Å². The molecule has 0 fully saturated rings. The first kappa shape index (κ1) is 14.9. The molecule has 0 spiro atoms. The fourth-order valence-corrected chi connectivity index (χ4v) is 3.01. The lowest BCUT2D eigenvalue weighted by atomic mass is 10.0. The molecule has 0 amide bonds. The number of hydrogen-bond donors (Lipinski definition) is 2. The Balaban J connectivity index is 1.70. The van der Waals surface area contributed by atoms with E-state index in [1.165, 1.54) is 11.1 Å². The SMILES string of the molecule is CCc1ccccc1NC(=S)N[C@H]1CCOc2ccccc21. The van der Waals surface area contributed by atoms with Crippen molar-refractivity contribution >= 4 is 23.0 Å². The van der Waals surface area contributed by atoms with E-state index in [0.29, 0.717) is 11.7 Å². The van der Waals surface area contributed by atoms with E-state index in [9.17, 15) is 0 Å². The van der Waals surface area contributed by atoms with Crippen LogP contribution in [0.15, 0.2) is 48.5 Å². The standard InChI is InChI=1S/C18H20N2OS/c1-2-13-7-3-5-9-15(13)19-18(22)20-16-11-12-21-17-10-6-4-8-14(16)17/h3-10,16H,2,11-12H2,1H3,(H2,19,20,22)/t16-/m0/s1. The molecule has 0 unspecified atom stereocenters. The van der Waals surface area contributed by atoms with E-state index in [-0.39, 0.29) is 6.04 Å². The smallest absolute Gasteiger partial charge is 0.171 e. The molecule has 2 N–H and O–H groups in total. The molecule has 114 valence electrons. The zero-order valence-electron chi connectivity index (χ0n) is 12.6. The Morgan fingerprint density at radius 1 is 1.18 bits per heavy atom. The lowest BCUT2D eigenvalue weighted by Crippen LogP contribution is -2.35. The van der Waals surface area contributed by atoms with Gasteiger partial charge in [0.2, 0.25) is 0 Å². The Bertz CT molecular complexity index is 672. The Kier molecular flexibility index (Phi) is 4.59. The van der Waals surface area contributed by atoms with Gasteiger partial charge in [-0.15, -0.1) is 0 Å². The molecule has 3 nitrogen and oxygen atoms in total. The maximum absolute atomic E-state index is 5.69. The molecule has 0 bridgehead atoms. The molecule has 0 aliphatic carbocycles. The third-order valence-corrected chi connectivity index (χ3v) is 4.13. The van der Waals surface area contributed by atoms with Gasteiger partial charge in [0.1, 0.15) is 5.75 Å². The molecule has 2 aromatic carbocycles. The Morgan fingerprint density at radius 2 is 1.95 bits per heavy atom. The van der Waals surface area contributed by atoms with Crippen LogP contribution in [0.4, 0.5) is 5.69 Å². The molecule has 0 radical (unpaired) electrons. The van der Waals surface area contributed by atoms with Crippen LogP contribution in [0.2, 0.25) is 0 Å². The van der Waals surface area contributed by atoms with Gasteiger partial charge in [-0.3, -0.25) is 0 Å². The second-order valence-corrected chi connectivity index (χ2v) is 5.74. The van der Waals surface area contributed by atoms with Crippen molar-refractivity contribution in [2.24, 2.45) is 0 Å². The number of ether oxygens (including phenoxy) is 1. The molecular weight excluding hydrogens is 292 g/mol. The molecule has 0 saturated carbocycles. The highest BCUT2D eigenvalue weighted by Crippen LogP contribution is 2.31. The average molecular weight is 312 g/mol. The van der Waals surface area contributed by atoms with E-state index in [0.717, 1.165) is 24.3 Å². The lowest BCUT2D eigenvalue weighted by Gasteiger charge is -2.28. The summed E-state index contributed by atoms with van der Waals surface area (Å²) in [7, 11) is 0. The van der Waals surface area contributed by atoms with Crippen LogP contribution in [0, 0.1) is 0 Å². The van der Waals surface area contributed by atoms with E-state index in [1.807, 2.05) is 24.3 Å². The van der Waals surface area contributed by atoms with Gasteiger partial charge in [0.05, 0.1) is 12.6 Å². The predicted octanol–water partition coefficient (Wildman–Crippen LogP) is 4.06. The summed E-state index contributed by atoms with van der Waals surface area (Å²) in [6.07, 6.45) is 1.89. The number of hydrogen-bond acceptors (Lipinski definition) is 2. The number of para-hydroxylation sites is 2. The summed E-state index contributed by atoms with van der Waals surface area (Å²) in [5, 5.41) is 7.39. The number of fused-ring (bicyclic) bond motifs is 1. The van der Waals surface area contributed by atoms with Gasteiger partial charge in [0.25, 0.3) is 0 Å². The summed E-state index contributed by atoms with van der Waals surface area (Å²) in [6.45, 7) is 2.86. The first-order valence-electron chi connectivity index (χ1n) is 7.65. The number of anilines is 1. The fraction of sp³-hybridized carbons (Fsp3) is 0.278. The zero-order valence-corrected chi connectivity index (χ0v) is 13.5. The molecule has 0 saturated heterocycles. The Labute approximate surface area is 136 Å². The lowest BCUT2D eigenvalue weighted by molar-refractivity contribution is 0.262. The van der Waals surface area contributed by atoms with Crippen molar-refractivity contribution in [3.05, 3.63) is 59.7 Å². The summed E-state index contributed by atoms with van der Waals surface area (Å²) in [5.74, 6) is 0.947. The van der Waals surface area contributed by atoms with Crippen molar-refractivity contribution in [1.29, 1.82) is 0 Å². The van der Waals surface area contributed by atoms with Crippen LogP contribution in [-0.2, 0) is 6.42 Å². The highest BCUT2D eigenvalue weighted by atomic mass is 32.1. The number of aryl methyl sites for hydroxylation is 1. The maximum Gasteiger partial charge on any atom is 0.171 e. The molecule has 1 heterocycles. The van der Waals surface area contributed by atoms with Crippen molar-refractivity contribution in [2.75, 3.05) is 11.9 Å². The van der Waals surface area contributed by atoms with Crippen molar-refractivity contribution in [1.82, 2.24) is 5.32 Å². The average Bonchev–Trinajstić information content (AvgIpc) is 2.55. The summed E-state index contributed by atoms with van der Waals surface area (Å²) < 4.78 is 5.69. The third-order valence-electron chi connectivity index (χ3n) is 3.91. The fourth-order valence-electron chi connectivity index (χ4n) is 2.76. The van der Waals surface area contributed by atoms with Crippen molar-refractivity contribution < 1.29 is 4.74 Å². The second kappa shape index (κ2) is 6.79. The third kappa shape index (κ3) is 3.22. The summed E-state index contributed by atoms with van der Waals surface area (Å²) in [5.41, 5.74) is 3.50. The predicted molar refractivity (Wildman–Crippen MR) is 94.5 cm³/mol. The zero-order chi connectivity index (χ0) is 15.4. The largest absolute Gasteiger partial charge is 0.493 e. The molecular formula is C18H20N2OS. The van der Waals surface area contributed by atoms with Gasteiger partial charge in [-0.2, -0.15) is 0 Å². The molecule has 2 aromatic rings. The van der Waals surface area contributed by atoms with Gasteiger partial charge in [-0.05, 0) is 36.3 Å². The summed E-state index contributed by atoms with van der Waals surface area (Å²) >= 11 is 5.49. The topological polar surface area (TPSA) is 33.3 Å². The minimum atomic E-state index is 0.193. The minimum Gasteiger partial charge on any atom is -0.493 e. The summed E-state index contributed by atoms with van der Waals surface area (Å²) in [6, 6.07) is 16.6. The molecule has 22 heavy (non-hydrogen) atoms. The highest BCUT2D eigenvalue weighted by Gasteiger charge is 2.21. The van der Waals surface area contributed by atoms with Crippen LogP contribution in [0.25, 0.3) is 0 Å². The van der Waals surface area contributed by atoms with Crippen molar-refractivity contribution in [3.63, 3.8) is 0 Å². The van der Waals surface area contributed by atoms with Gasteiger partial charge < -0.3 is 15.4 Å². The molecule has 1 atom stereocenters. The first-order chi connectivity index (χ1) is 10.8. The van der Waals surface area contributed by atoms with Crippen LogP contribution >= 0.6 is 12.2 Å². The van der Waals surface area contributed by atoms with Gasteiger partial charge in [0.15, 0.2) is 5.11 Å². The van der Waals surface area contributed by atoms with E-state index in [4.69, 9.17) is 17.0 Å². The highest BCUT2D eigenvalue weighted by molar-refractivity contribution is 7.80. The monoisotopic (exact) mass is 312 g/mol. The number of rotatable bonds is 3. The molecule has 1 aliphatic heterocycles. The van der Waals surface area contributed by atoms with Crippen LogP contribution in [-0.4, -0.2) is 11.7 Å². The number of thiocarbonyl (C=S) groups is 1. The van der Waals surface area contributed by atoms with Gasteiger partial charge >= 0.3 is 0 Å². The van der Waals surface area contributed by atoms with Crippen LogP contribution in [0.3, 0.4) is 0 Å². The Morgan fingerprint density at radius 3 is 2.82 bits per heavy atom. The second-order valence-electron chi connectivity index (χ2n) is 5.34. The molecule has 0 aromatic heterocycles. The van der Waals surface area contributed by atoms with E-state index in [1.54, 1.807) is 0 Å². The van der Waals surface area contributed by atoms with Crippen molar-refractivity contribution in [2.45, 2.75) is 25.8 Å². The number of nitrogens with one attached hydrogen (secondary N) is 2. The van der Waals surface area contributed by atoms with Crippen LogP contribution in [0.5, 0.6) is 5.75 Å². The minimum absolute atomic E-state index is 0.193. The summed E-state index contributed by atoms with van der Waals surface area (Å²) in [4.78, 5) is 0. The first-order valence-corrected chi connectivity index (χ1v) is 8.06. The maximum atomic E-state index is 5.69. The van der Waals surface area contributed by atoms with E-state index >= 15 is 0 Å². The molecule has 4 heteroatoms. The van der Waals surface area contributed by atoms with Crippen LogP contribution < -0.4 is 15.4 Å². The molecule has 1 aliphatic rings. The van der Waals surface area contributed by atoms with Crippen molar-refractivity contribution in [3.8, 4) is 5.75 Å². The van der Waals surface area contributed by atoms with Gasteiger partial charge in [0, 0.05) is 17.7 Å². The van der Waals surface area contributed by atoms with E-state index in [2.05, 4.69) is 41.8 Å². The van der Waals surface area contributed by atoms with Gasteiger partial charge in [-0.1, -0.05) is 43.3 Å². The van der Waals surface area contributed by atoms with Crippen LogP contribution in [0.1, 0.15) is 30.5 Å².